The first-order chi connectivity index (χ1) is 14.5. The summed E-state index contributed by atoms with van der Waals surface area (Å²) in [5.41, 5.74) is 1.14. The highest BCUT2D eigenvalue weighted by atomic mass is 32.2. The highest BCUT2D eigenvalue weighted by Gasteiger charge is 2.26. The van der Waals surface area contributed by atoms with Crippen molar-refractivity contribution in [3.05, 3.63) is 59.9 Å². The lowest BCUT2D eigenvalue weighted by molar-refractivity contribution is 0.0746. The number of rotatable bonds is 7. The minimum atomic E-state index is -3.64. The summed E-state index contributed by atoms with van der Waals surface area (Å²) < 4.78 is 27.7. The van der Waals surface area contributed by atoms with Crippen LogP contribution in [0, 0.1) is 11.3 Å². The zero-order chi connectivity index (χ0) is 21.4. The standard InChI is InChI=1S/C22H26N4O3S/c23-11-7-13-25(18-19-8-6-12-24-17-19)22(27)20-9-5-10-21(16-20)30(28,29)26-14-3-1-2-4-15-26/h5-6,8-10,12,16-17H,1-4,7,13-15,18H2. The number of sulfonamides is 1. The van der Waals surface area contributed by atoms with Crippen molar-refractivity contribution in [1.29, 1.82) is 5.26 Å². The van der Waals surface area contributed by atoms with Crippen molar-refractivity contribution in [2.24, 2.45) is 0 Å². The Labute approximate surface area is 178 Å². The van der Waals surface area contributed by atoms with Crippen LogP contribution in [0.15, 0.2) is 53.7 Å². The smallest absolute Gasteiger partial charge is 0.254 e. The van der Waals surface area contributed by atoms with E-state index in [2.05, 4.69) is 11.1 Å². The molecule has 0 saturated carbocycles. The van der Waals surface area contributed by atoms with Gasteiger partial charge in [0.2, 0.25) is 10.0 Å². The normalized spacial score (nSPS) is 15.2. The van der Waals surface area contributed by atoms with Crippen molar-refractivity contribution in [2.45, 2.75) is 43.5 Å². The summed E-state index contributed by atoms with van der Waals surface area (Å²) in [6, 6.07) is 11.9. The first-order valence-corrected chi connectivity index (χ1v) is 11.6. The van der Waals surface area contributed by atoms with Gasteiger partial charge in [-0.05, 0) is 42.7 Å². The third-order valence-electron chi connectivity index (χ3n) is 5.16. The van der Waals surface area contributed by atoms with E-state index in [0.717, 1.165) is 31.2 Å². The number of carbonyl (C=O) groups excluding carboxylic acids is 1. The number of benzene rings is 1. The predicted octanol–water partition coefficient (Wildman–Crippen LogP) is 3.20. The quantitative estimate of drug-likeness (QED) is 0.678. The van der Waals surface area contributed by atoms with Gasteiger partial charge in [-0.15, -0.1) is 0 Å². The maximum absolute atomic E-state index is 13.2. The van der Waals surface area contributed by atoms with Crippen LogP contribution in [0.1, 0.15) is 48.0 Å². The lowest BCUT2D eigenvalue weighted by Crippen LogP contribution is -2.33. The van der Waals surface area contributed by atoms with Gasteiger partial charge >= 0.3 is 0 Å². The molecular formula is C22H26N4O3S. The van der Waals surface area contributed by atoms with E-state index in [-0.39, 0.29) is 23.8 Å². The van der Waals surface area contributed by atoms with Gasteiger partial charge in [-0.3, -0.25) is 9.78 Å². The van der Waals surface area contributed by atoms with Crippen LogP contribution >= 0.6 is 0 Å². The number of amides is 1. The van der Waals surface area contributed by atoms with E-state index in [9.17, 15) is 13.2 Å². The molecule has 3 rings (SSSR count). The molecule has 158 valence electrons. The van der Waals surface area contributed by atoms with Crippen LogP contribution in [0.3, 0.4) is 0 Å². The van der Waals surface area contributed by atoms with E-state index in [1.54, 1.807) is 35.5 Å². The second kappa shape index (κ2) is 10.3. The second-order valence-corrected chi connectivity index (χ2v) is 9.28. The molecule has 1 saturated heterocycles. The van der Waals surface area contributed by atoms with Crippen LogP contribution in [0.2, 0.25) is 0 Å². The molecule has 0 spiro atoms. The van der Waals surface area contributed by atoms with Crippen LogP contribution in [-0.2, 0) is 16.6 Å². The van der Waals surface area contributed by atoms with Crippen LogP contribution in [0.4, 0.5) is 0 Å². The van der Waals surface area contributed by atoms with E-state index in [4.69, 9.17) is 5.26 Å². The molecule has 0 aliphatic carbocycles. The maximum atomic E-state index is 13.2. The fourth-order valence-electron chi connectivity index (χ4n) is 3.55. The van der Waals surface area contributed by atoms with Gasteiger partial charge < -0.3 is 4.90 Å². The van der Waals surface area contributed by atoms with E-state index in [0.29, 0.717) is 25.2 Å². The van der Waals surface area contributed by atoms with Gasteiger partial charge in [0.1, 0.15) is 0 Å². The van der Waals surface area contributed by atoms with Gasteiger partial charge in [-0.1, -0.05) is 25.0 Å². The summed E-state index contributed by atoms with van der Waals surface area (Å²) in [4.78, 5) is 18.9. The molecule has 8 heteroatoms. The molecule has 0 atom stereocenters. The Hall–Kier alpha value is -2.76. The molecule has 2 heterocycles. The fourth-order valence-corrected chi connectivity index (χ4v) is 5.12. The molecule has 1 aromatic heterocycles. The molecule has 1 aliphatic heterocycles. The Balaban J connectivity index is 1.84. The van der Waals surface area contributed by atoms with Crippen molar-refractivity contribution in [3.8, 4) is 6.07 Å². The Morgan fingerprint density at radius 2 is 1.90 bits per heavy atom. The summed E-state index contributed by atoms with van der Waals surface area (Å²) in [6.45, 7) is 1.58. The number of hydrogen-bond acceptors (Lipinski definition) is 5. The average molecular weight is 427 g/mol. The Morgan fingerprint density at radius 3 is 2.57 bits per heavy atom. The third kappa shape index (κ3) is 5.43. The monoisotopic (exact) mass is 426 g/mol. The molecule has 0 unspecified atom stereocenters. The minimum Gasteiger partial charge on any atom is -0.333 e. The largest absolute Gasteiger partial charge is 0.333 e. The highest BCUT2D eigenvalue weighted by Crippen LogP contribution is 2.22. The summed E-state index contributed by atoms with van der Waals surface area (Å²) in [5.74, 6) is -0.304. The van der Waals surface area contributed by atoms with Gasteiger partial charge in [0.05, 0.1) is 17.4 Å². The molecule has 1 aromatic carbocycles. The average Bonchev–Trinajstić information content (AvgIpc) is 3.07. The molecule has 30 heavy (non-hydrogen) atoms. The minimum absolute atomic E-state index is 0.136. The number of nitriles is 1. The lowest BCUT2D eigenvalue weighted by atomic mass is 10.1. The van der Waals surface area contributed by atoms with E-state index < -0.39 is 10.0 Å². The molecular weight excluding hydrogens is 400 g/mol. The molecule has 0 N–H and O–H groups in total. The van der Waals surface area contributed by atoms with Gasteiger partial charge in [0, 0.05) is 44.1 Å². The van der Waals surface area contributed by atoms with Gasteiger partial charge in [-0.25, -0.2) is 8.42 Å². The third-order valence-corrected chi connectivity index (χ3v) is 7.06. The Bertz CT molecular complexity index is 995. The second-order valence-electron chi connectivity index (χ2n) is 7.34. The van der Waals surface area contributed by atoms with Crippen molar-refractivity contribution in [3.63, 3.8) is 0 Å². The van der Waals surface area contributed by atoms with E-state index >= 15 is 0 Å². The maximum Gasteiger partial charge on any atom is 0.254 e. The number of pyridine rings is 1. The van der Waals surface area contributed by atoms with Crippen molar-refractivity contribution < 1.29 is 13.2 Å². The summed E-state index contributed by atoms with van der Waals surface area (Å²) in [5, 5.41) is 8.97. The molecule has 2 aromatic rings. The van der Waals surface area contributed by atoms with E-state index in [1.165, 1.54) is 16.4 Å². The zero-order valence-corrected chi connectivity index (χ0v) is 17.7. The van der Waals surface area contributed by atoms with E-state index in [1.807, 2.05) is 6.07 Å². The lowest BCUT2D eigenvalue weighted by Gasteiger charge is -2.23. The first-order valence-electron chi connectivity index (χ1n) is 10.2. The Morgan fingerprint density at radius 1 is 1.13 bits per heavy atom. The van der Waals surface area contributed by atoms with Crippen molar-refractivity contribution in [1.82, 2.24) is 14.2 Å². The number of nitrogens with zero attached hydrogens (tertiary/aromatic N) is 4. The molecule has 1 fully saturated rings. The van der Waals surface area contributed by atoms with Crippen molar-refractivity contribution >= 4 is 15.9 Å². The predicted molar refractivity (Wildman–Crippen MR) is 113 cm³/mol. The van der Waals surface area contributed by atoms with Crippen LogP contribution < -0.4 is 0 Å². The molecule has 0 radical (unpaired) electrons. The van der Waals surface area contributed by atoms with Crippen LogP contribution in [0.5, 0.6) is 0 Å². The SMILES string of the molecule is N#CCCN(Cc1cccnc1)C(=O)c1cccc(S(=O)(=O)N2CCCCCC2)c1. The number of aromatic nitrogens is 1. The van der Waals surface area contributed by atoms with Gasteiger partial charge in [-0.2, -0.15) is 9.57 Å². The molecule has 1 amide bonds. The molecule has 1 aliphatic rings. The number of carbonyl (C=O) groups is 1. The zero-order valence-electron chi connectivity index (χ0n) is 16.9. The fraction of sp³-hybridized carbons (Fsp3) is 0.409. The van der Waals surface area contributed by atoms with Gasteiger partial charge in [0.15, 0.2) is 0 Å². The summed E-state index contributed by atoms with van der Waals surface area (Å²) in [6.07, 6.45) is 7.29. The number of hydrogen-bond donors (Lipinski definition) is 0. The first kappa shape index (κ1) is 21.9. The highest BCUT2D eigenvalue weighted by molar-refractivity contribution is 7.89. The Kier molecular flexibility index (Phi) is 7.55. The molecule has 7 nitrogen and oxygen atoms in total. The van der Waals surface area contributed by atoms with Crippen LogP contribution in [-0.4, -0.2) is 48.1 Å². The summed E-state index contributed by atoms with van der Waals surface area (Å²) >= 11 is 0. The van der Waals surface area contributed by atoms with Crippen molar-refractivity contribution in [2.75, 3.05) is 19.6 Å². The van der Waals surface area contributed by atoms with Gasteiger partial charge in [0.25, 0.3) is 5.91 Å². The topological polar surface area (TPSA) is 94.4 Å². The summed E-state index contributed by atoms with van der Waals surface area (Å²) in [7, 11) is -3.64. The molecule has 0 bridgehead atoms. The van der Waals surface area contributed by atoms with Crippen LogP contribution in [0.25, 0.3) is 0 Å².